The Bertz CT molecular complexity index is 837. The molecule has 1 heterocycles. The molecule has 3 aromatic rings. The third-order valence-corrected chi connectivity index (χ3v) is 4.58. The fourth-order valence-electron chi connectivity index (χ4n) is 2.61. The lowest BCUT2D eigenvalue weighted by Crippen LogP contribution is -2.12. The van der Waals surface area contributed by atoms with E-state index in [4.69, 9.17) is 0 Å². The van der Waals surface area contributed by atoms with Crippen molar-refractivity contribution in [1.29, 1.82) is 0 Å². The number of nitrogens with zero attached hydrogens (tertiary/aromatic N) is 4. The fourth-order valence-corrected chi connectivity index (χ4v) is 3.02. The number of aromatic nitrogens is 3. The highest BCUT2D eigenvalue weighted by molar-refractivity contribution is 7.98. The average molecular weight is 350 g/mol. The summed E-state index contributed by atoms with van der Waals surface area (Å²) in [5, 5.41) is 8.44. The van der Waals surface area contributed by atoms with Crippen LogP contribution in [-0.4, -0.2) is 40.2 Å². The molecule has 0 unspecified atom stereocenters. The molecule has 0 bridgehead atoms. The van der Waals surface area contributed by atoms with Crippen LogP contribution in [0.1, 0.15) is 16.7 Å². The van der Waals surface area contributed by atoms with Crippen molar-refractivity contribution in [3.8, 4) is 5.69 Å². The molecule has 0 aliphatic heterocycles. The van der Waals surface area contributed by atoms with Gasteiger partial charge >= 0.3 is 0 Å². The van der Waals surface area contributed by atoms with Crippen LogP contribution in [-0.2, 0) is 6.54 Å². The van der Waals surface area contributed by atoms with Crippen LogP contribution < -0.4 is 0 Å². The number of benzene rings is 2. The first-order valence-electron chi connectivity index (χ1n) is 8.12. The molecule has 128 valence electrons. The predicted octanol–water partition coefficient (Wildman–Crippen LogP) is 4.22. The van der Waals surface area contributed by atoms with E-state index in [0.717, 1.165) is 12.2 Å². The third-order valence-electron chi connectivity index (χ3n) is 3.83. The summed E-state index contributed by atoms with van der Waals surface area (Å²) in [6, 6.07) is 14.9. The van der Waals surface area contributed by atoms with E-state index < -0.39 is 0 Å². The minimum atomic E-state index is 0.861. The van der Waals surface area contributed by atoms with Gasteiger partial charge in [0.15, 0.2) is 0 Å². The van der Waals surface area contributed by atoms with Crippen molar-refractivity contribution in [2.45, 2.75) is 11.4 Å². The largest absolute Gasteiger partial charge is 0.305 e. The molecule has 0 aliphatic carbocycles. The Morgan fingerprint density at radius 2 is 1.72 bits per heavy atom. The van der Waals surface area contributed by atoms with Gasteiger partial charge < -0.3 is 4.90 Å². The molecule has 0 fully saturated rings. The molecule has 25 heavy (non-hydrogen) atoms. The van der Waals surface area contributed by atoms with E-state index in [1.165, 1.54) is 21.6 Å². The van der Waals surface area contributed by atoms with Gasteiger partial charge in [-0.15, -0.1) is 11.8 Å². The number of hydrogen-bond donors (Lipinski definition) is 0. The van der Waals surface area contributed by atoms with E-state index in [9.17, 15) is 0 Å². The van der Waals surface area contributed by atoms with Crippen molar-refractivity contribution in [2.75, 3.05) is 20.4 Å². The van der Waals surface area contributed by atoms with Crippen LogP contribution in [0.3, 0.4) is 0 Å². The van der Waals surface area contributed by atoms with Gasteiger partial charge in [0.1, 0.15) is 0 Å². The van der Waals surface area contributed by atoms with Crippen LogP contribution >= 0.6 is 11.8 Å². The summed E-state index contributed by atoms with van der Waals surface area (Å²) in [6.45, 7) is 0.861. The van der Waals surface area contributed by atoms with Gasteiger partial charge in [-0.25, -0.2) is 0 Å². The molecule has 4 nitrogen and oxygen atoms in total. The van der Waals surface area contributed by atoms with E-state index in [0.29, 0.717) is 0 Å². The first-order chi connectivity index (χ1) is 12.2. The second kappa shape index (κ2) is 8.14. The van der Waals surface area contributed by atoms with Crippen LogP contribution in [0, 0.1) is 0 Å². The van der Waals surface area contributed by atoms with Gasteiger partial charge in [0, 0.05) is 11.4 Å². The maximum absolute atomic E-state index is 4.22. The molecule has 0 aliphatic rings. The lowest BCUT2D eigenvalue weighted by Gasteiger charge is -2.14. The van der Waals surface area contributed by atoms with Crippen LogP contribution in [0.15, 0.2) is 59.8 Å². The molecule has 0 amide bonds. The van der Waals surface area contributed by atoms with Gasteiger partial charge in [0.05, 0.1) is 18.1 Å². The minimum Gasteiger partial charge on any atom is -0.305 e. The topological polar surface area (TPSA) is 34.0 Å². The highest BCUT2D eigenvalue weighted by atomic mass is 32.2. The molecule has 0 radical (unpaired) electrons. The maximum Gasteiger partial charge on any atom is 0.0860 e. The van der Waals surface area contributed by atoms with Crippen molar-refractivity contribution in [2.24, 2.45) is 0 Å². The molecular weight excluding hydrogens is 328 g/mol. The number of hydrogen-bond acceptors (Lipinski definition) is 4. The summed E-state index contributed by atoms with van der Waals surface area (Å²) in [5.41, 5.74) is 4.63. The van der Waals surface area contributed by atoms with Gasteiger partial charge in [-0.2, -0.15) is 15.0 Å². The normalized spacial score (nSPS) is 11.5. The smallest absolute Gasteiger partial charge is 0.0860 e. The van der Waals surface area contributed by atoms with E-state index in [1.54, 1.807) is 29.0 Å². The van der Waals surface area contributed by atoms with Gasteiger partial charge in [0.2, 0.25) is 0 Å². The zero-order valence-corrected chi connectivity index (χ0v) is 15.6. The summed E-state index contributed by atoms with van der Waals surface area (Å²) in [5.74, 6) is 0. The third kappa shape index (κ3) is 4.59. The van der Waals surface area contributed by atoms with E-state index >= 15 is 0 Å². The van der Waals surface area contributed by atoms with Gasteiger partial charge in [0.25, 0.3) is 0 Å². The SMILES string of the molecule is CSc1ccc(/C=C\c2ccc(-n3nccn3)cc2CN(C)C)cc1. The lowest BCUT2D eigenvalue weighted by atomic mass is 10.0. The van der Waals surface area contributed by atoms with Crippen LogP contribution in [0.4, 0.5) is 0 Å². The van der Waals surface area contributed by atoms with Crippen LogP contribution in [0.2, 0.25) is 0 Å². The minimum absolute atomic E-state index is 0.861. The van der Waals surface area contributed by atoms with Crippen molar-refractivity contribution in [3.05, 3.63) is 71.5 Å². The molecule has 3 rings (SSSR count). The van der Waals surface area contributed by atoms with Crippen molar-refractivity contribution in [3.63, 3.8) is 0 Å². The molecular formula is C20H22N4S. The Morgan fingerprint density at radius 3 is 2.36 bits per heavy atom. The molecule has 1 aromatic heterocycles. The van der Waals surface area contributed by atoms with Gasteiger partial charge in [-0.05, 0) is 61.3 Å². The summed E-state index contributed by atoms with van der Waals surface area (Å²) in [4.78, 5) is 5.09. The zero-order valence-electron chi connectivity index (χ0n) is 14.8. The fraction of sp³-hybridized carbons (Fsp3) is 0.200. The second-order valence-corrected chi connectivity index (χ2v) is 6.93. The molecule has 0 saturated carbocycles. The Balaban J connectivity index is 1.89. The van der Waals surface area contributed by atoms with E-state index in [2.05, 4.69) is 90.1 Å². The lowest BCUT2D eigenvalue weighted by molar-refractivity contribution is 0.402. The quantitative estimate of drug-likeness (QED) is 0.492. The number of rotatable bonds is 6. The molecule has 0 atom stereocenters. The van der Waals surface area contributed by atoms with E-state index in [1.807, 2.05) is 0 Å². The Kier molecular flexibility index (Phi) is 5.68. The second-order valence-electron chi connectivity index (χ2n) is 6.05. The van der Waals surface area contributed by atoms with E-state index in [-0.39, 0.29) is 0 Å². The highest BCUT2D eigenvalue weighted by Crippen LogP contribution is 2.20. The zero-order chi connectivity index (χ0) is 17.6. The standard InChI is InChI=1S/C20H22N4S/c1-23(2)15-18-14-19(24-21-12-13-22-24)9-8-17(18)7-4-16-5-10-20(25-3)11-6-16/h4-14H,15H2,1-3H3/b7-4-. The van der Waals surface area contributed by atoms with Crippen molar-refractivity contribution < 1.29 is 0 Å². The van der Waals surface area contributed by atoms with Crippen LogP contribution in [0.5, 0.6) is 0 Å². The number of thioether (sulfide) groups is 1. The summed E-state index contributed by atoms with van der Waals surface area (Å²) >= 11 is 1.76. The summed E-state index contributed by atoms with van der Waals surface area (Å²) in [7, 11) is 4.15. The maximum atomic E-state index is 4.22. The predicted molar refractivity (Wildman–Crippen MR) is 106 cm³/mol. The monoisotopic (exact) mass is 350 g/mol. The highest BCUT2D eigenvalue weighted by Gasteiger charge is 2.06. The Hall–Kier alpha value is -2.37. The first kappa shape index (κ1) is 17.5. The van der Waals surface area contributed by atoms with Gasteiger partial charge in [-0.3, -0.25) is 0 Å². The Labute approximate surface area is 153 Å². The summed E-state index contributed by atoms with van der Waals surface area (Å²) < 4.78 is 0. The molecule has 0 N–H and O–H groups in total. The molecule has 0 spiro atoms. The van der Waals surface area contributed by atoms with Gasteiger partial charge in [-0.1, -0.05) is 30.4 Å². The molecule has 0 saturated heterocycles. The summed E-state index contributed by atoms with van der Waals surface area (Å²) in [6.07, 6.45) is 9.81. The average Bonchev–Trinajstić information content (AvgIpc) is 3.15. The first-order valence-corrected chi connectivity index (χ1v) is 9.34. The van der Waals surface area contributed by atoms with Crippen molar-refractivity contribution in [1.82, 2.24) is 19.9 Å². The Morgan fingerprint density at radius 1 is 1.00 bits per heavy atom. The molecule has 2 aromatic carbocycles. The van der Waals surface area contributed by atoms with Crippen LogP contribution in [0.25, 0.3) is 17.8 Å². The molecule has 5 heteroatoms. The van der Waals surface area contributed by atoms with Crippen molar-refractivity contribution >= 4 is 23.9 Å².